The van der Waals surface area contributed by atoms with Crippen molar-refractivity contribution in [3.8, 4) is 0 Å². The number of allylic oxidation sites excluding steroid dienone is 8. The molecule has 11 unspecified atom stereocenters. The van der Waals surface area contributed by atoms with E-state index in [-0.39, 0.29) is 25.6 Å². The molecule has 0 bridgehead atoms. The normalized spacial score (nSPS) is 25.8. The maximum absolute atomic E-state index is 13.0. The molecule has 14 heteroatoms. The minimum absolute atomic E-state index is 0.0627. The summed E-state index contributed by atoms with van der Waals surface area (Å²) in [5.74, 6) is -0.378. The molecule has 0 aromatic heterocycles. The Labute approximate surface area is 422 Å². The van der Waals surface area contributed by atoms with Gasteiger partial charge in [-0.3, -0.25) is 4.79 Å². The molecule has 2 rings (SSSR count). The number of hydrogen-bond donors (Lipinski definition) is 7. The van der Waals surface area contributed by atoms with Crippen molar-refractivity contribution >= 4 is 5.97 Å². The van der Waals surface area contributed by atoms with Crippen molar-refractivity contribution in [1.29, 1.82) is 0 Å². The highest BCUT2D eigenvalue weighted by atomic mass is 16.7. The lowest BCUT2D eigenvalue weighted by atomic mass is 9.98. The Kier molecular flexibility index (Phi) is 39.7. The molecule has 2 aliphatic rings. The van der Waals surface area contributed by atoms with Crippen molar-refractivity contribution < 1.29 is 69.0 Å². The highest BCUT2D eigenvalue weighted by molar-refractivity contribution is 5.69. The molecule has 0 spiro atoms. The van der Waals surface area contributed by atoms with Crippen LogP contribution < -0.4 is 0 Å². The number of aliphatic hydroxyl groups is 7. The van der Waals surface area contributed by atoms with Crippen LogP contribution in [-0.4, -0.2) is 142 Å². The van der Waals surface area contributed by atoms with Crippen molar-refractivity contribution in [3.05, 3.63) is 48.6 Å². The zero-order valence-corrected chi connectivity index (χ0v) is 43.5. The number of rotatable bonds is 44. The van der Waals surface area contributed by atoms with Crippen LogP contribution in [0.4, 0.5) is 0 Å². The number of esters is 1. The molecule has 11 atom stereocenters. The summed E-state index contributed by atoms with van der Waals surface area (Å²) in [5.41, 5.74) is 0. The van der Waals surface area contributed by atoms with Crippen LogP contribution in [0.2, 0.25) is 0 Å². The molecule has 0 aromatic rings. The Hall–Kier alpha value is -2.05. The summed E-state index contributed by atoms with van der Waals surface area (Å²) in [7, 11) is 0. The third kappa shape index (κ3) is 30.2. The largest absolute Gasteiger partial charge is 0.457 e. The van der Waals surface area contributed by atoms with Gasteiger partial charge < -0.3 is 64.2 Å². The molecular weight excluding hydrogens is 897 g/mol. The van der Waals surface area contributed by atoms with Crippen LogP contribution in [0.1, 0.15) is 200 Å². The van der Waals surface area contributed by atoms with E-state index >= 15 is 0 Å². The van der Waals surface area contributed by atoms with Crippen LogP contribution in [0, 0.1) is 0 Å². The maximum Gasteiger partial charge on any atom is 0.306 e. The van der Waals surface area contributed by atoms with Gasteiger partial charge in [0.25, 0.3) is 0 Å². The zero-order valence-electron chi connectivity index (χ0n) is 43.5. The summed E-state index contributed by atoms with van der Waals surface area (Å²) in [5, 5.41) is 72.2. The molecule has 0 radical (unpaired) electrons. The monoisotopic (exact) mass is 997 g/mol. The van der Waals surface area contributed by atoms with Crippen molar-refractivity contribution in [1.82, 2.24) is 0 Å². The zero-order chi connectivity index (χ0) is 50.9. The van der Waals surface area contributed by atoms with Crippen molar-refractivity contribution in [2.45, 2.75) is 268 Å². The van der Waals surface area contributed by atoms with Crippen molar-refractivity contribution in [2.24, 2.45) is 0 Å². The van der Waals surface area contributed by atoms with Gasteiger partial charge in [-0.1, -0.05) is 191 Å². The Balaban J connectivity index is 1.68. The molecule has 2 heterocycles. The summed E-state index contributed by atoms with van der Waals surface area (Å²) in [6.45, 7) is 3.58. The Morgan fingerprint density at radius 2 is 0.929 bits per heavy atom. The van der Waals surface area contributed by atoms with Crippen molar-refractivity contribution in [2.75, 3.05) is 33.0 Å². The molecule has 0 aromatic carbocycles. The lowest BCUT2D eigenvalue weighted by Crippen LogP contribution is -2.61. The summed E-state index contributed by atoms with van der Waals surface area (Å²) in [6.07, 6.45) is 34.6. The molecule has 70 heavy (non-hydrogen) atoms. The smallest absolute Gasteiger partial charge is 0.306 e. The number of unbranched alkanes of at least 4 members (excludes halogenated alkanes) is 22. The molecule has 2 aliphatic heterocycles. The van der Waals surface area contributed by atoms with E-state index in [0.717, 1.165) is 70.6 Å². The van der Waals surface area contributed by atoms with Gasteiger partial charge in [0.15, 0.2) is 12.6 Å². The first-order chi connectivity index (χ1) is 34.1. The third-order valence-corrected chi connectivity index (χ3v) is 13.1. The lowest BCUT2D eigenvalue weighted by Gasteiger charge is -2.42. The topological polar surface area (TPSA) is 214 Å². The molecule has 2 saturated heterocycles. The van der Waals surface area contributed by atoms with E-state index in [4.69, 9.17) is 28.4 Å². The third-order valence-electron chi connectivity index (χ3n) is 13.1. The predicted octanol–water partition coefficient (Wildman–Crippen LogP) is 9.13. The van der Waals surface area contributed by atoms with E-state index in [2.05, 4.69) is 62.5 Å². The van der Waals surface area contributed by atoms with Crippen LogP contribution in [-0.2, 0) is 33.2 Å². The molecule has 0 amide bonds. The van der Waals surface area contributed by atoms with Gasteiger partial charge in [-0.15, -0.1) is 0 Å². The summed E-state index contributed by atoms with van der Waals surface area (Å²) < 4.78 is 34.3. The highest BCUT2D eigenvalue weighted by Crippen LogP contribution is 2.26. The Bertz CT molecular complexity index is 1340. The minimum Gasteiger partial charge on any atom is -0.457 e. The van der Waals surface area contributed by atoms with E-state index in [1.807, 2.05) is 0 Å². The lowest BCUT2D eigenvalue weighted by molar-refractivity contribution is -0.332. The molecule has 7 N–H and O–H groups in total. The summed E-state index contributed by atoms with van der Waals surface area (Å²) in [6, 6.07) is 0. The van der Waals surface area contributed by atoms with Crippen LogP contribution >= 0.6 is 0 Å². The quantitative estimate of drug-likeness (QED) is 0.0172. The van der Waals surface area contributed by atoms with Gasteiger partial charge >= 0.3 is 5.97 Å². The second-order valence-electron chi connectivity index (χ2n) is 19.4. The molecule has 2 fully saturated rings. The number of ether oxygens (including phenoxy) is 6. The van der Waals surface area contributed by atoms with Crippen LogP contribution in [0.25, 0.3) is 0 Å². The first-order valence-electron chi connectivity index (χ1n) is 27.7. The van der Waals surface area contributed by atoms with Gasteiger partial charge in [0.2, 0.25) is 0 Å². The standard InChI is InChI=1S/C56H100O14/c1-3-5-7-9-11-13-15-16-17-18-19-20-21-22-23-24-25-26-27-28-29-31-33-35-37-39-48(58)68-45(42-65-40-38-36-34-32-30-14-12-10-8-6-4-2)43-66-55-54(64)52(62)50(60)47(70-55)44-67-56-53(63)51(61)49(59)46(41-57)69-56/h5,7,11,13,16-17,19-20,45-47,49-57,59-64H,3-4,6,8-10,12,14-15,18,21-44H2,1-2H3/b7-5-,13-11-,17-16-,20-19-. The number of aliphatic hydroxyl groups excluding tert-OH is 7. The summed E-state index contributed by atoms with van der Waals surface area (Å²) in [4.78, 5) is 13.0. The van der Waals surface area contributed by atoms with Crippen LogP contribution in [0.15, 0.2) is 48.6 Å². The maximum atomic E-state index is 13.0. The number of carbonyl (C=O) groups is 1. The fourth-order valence-electron chi connectivity index (χ4n) is 8.63. The molecule has 0 saturated carbocycles. The Morgan fingerprint density at radius 1 is 0.486 bits per heavy atom. The van der Waals surface area contributed by atoms with Gasteiger partial charge in [-0.25, -0.2) is 0 Å². The number of carbonyl (C=O) groups excluding carboxylic acids is 1. The number of hydrogen-bond acceptors (Lipinski definition) is 14. The van der Waals surface area contributed by atoms with E-state index in [1.54, 1.807) is 0 Å². The molecular formula is C56H100O14. The van der Waals surface area contributed by atoms with E-state index in [9.17, 15) is 40.5 Å². The first kappa shape index (κ1) is 64.1. The average Bonchev–Trinajstić information content (AvgIpc) is 3.36. The summed E-state index contributed by atoms with van der Waals surface area (Å²) >= 11 is 0. The highest BCUT2D eigenvalue weighted by Gasteiger charge is 2.47. The van der Waals surface area contributed by atoms with E-state index < -0.39 is 80.7 Å². The SMILES string of the molecule is CC/C=C\C/C=C\C/C=C\C/C=C\CCCCCCCCCCCCCCC(=O)OC(COCCCCCCCCCCCCC)COC1OC(COC2OC(CO)C(O)C(O)C2O)C(O)C(O)C1O. The van der Waals surface area contributed by atoms with E-state index in [0.29, 0.717) is 13.0 Å². The van der Waals surface area contributed by atoms with Crippen LogP contribution in [0.5, 0.6) is 0 Å². The van der Waals surface area contributed by atoms with E-state index in [1.165, 1.54) is 103 Å². The van der Waals surface area contributed by atoms with Gasteiger partial charge in [0, 0.05) is 13.0 Å². The van der Waals surface area contributed by atoms with Gasteiger partial charge in [0.05, 0.1) is 26.4 Å². The second-order valence-corrected chi connectivity index (χ2v) is 19.4. The minimum atomic E-state index is -1.71. The van der Waals surface area contributed by atoms with Crippen molar-refractivity contribution in [3.63, 3.8) is 0 Å². The second kappa shape index (κ2) is 43.4. The predicted molar refractivity (Wildman–Crippen MR) is 275 cm³/mol. The fraction of sp³-hybridized carbons (Fsp3) is 0.839. The van der Waals surface area contributed by atoms with Gasteiger partial charge in [0.1, 0.15) is 54.9 Å². The fourth-order valence-corrected chi connectivity index (χ4v) is 8.63. The van der Waals surface area contributed by atoms with Crippen LogP contribution in [0.3, 0.4) is 0 Å². The first-order valence-corrected chi connectivity index (χ1v) is 27.7. The molecule has 408 valence electrons. The molecule has 14 nitrogen and oxygen atoms in total. The molecule has 0 aliphatic carbocycles. The van der Waals surface area contributed by atoms with Gasteiger partial charge in [-0.05, 0) is 51.4 Å². The average molecular weight is 997 g/mol. The Morgan fingerprint density at radius 3 is 1.46 bits per heavy atom. The van der Waals surface area contributed by atoms with Gasteiger partial charge in [-0.2, -0.15) is 0 Å².